The van der Waals surface area contributed by atoms with Gasteiger partial charge in [-0.2, -0.15) is 4.31 Å². The number of sulfonamides is 1. The van der Waals surface area contributed by atoms with Crippen LogP contribution in [0.1, 0.15) is 37.3 Å². The Morgan fingerprint density at radius 1 is 1.20 bits per heavy atom. The fourth-order valence-corrected chi connectivity index (χ4v) is 4.24. The first-order valence-electron chi connectivity index (χ1n) is 7.19. The SMILES string of the molecule is Cc1cc(S(=O)(=O)N2CCCC(C)CC2)cc(N)c1C. The van der Waals surface area contributed by atoms with Crippen molar-refractivity contribution in [1.29, 1.82) is 0 Å². The van der Waals surface area contributed by atoms with Crippen LogP contribution in [0.3, 0.4) is 0 Å². The molecule has 20 heavy (non-hydrogen) atoms. The van der Waals surface area contributed by atoms with E-state index in [2.05, 4.69) is 6.92 Å². The van der Waals surface area contributed by atoms with Crippen LogP contribution in [0.2, 0.25) is 0 Å². The molecule has 1 fully saturated rings. The maximum atomic E-state index is 12.7. The molecule has 1 aromatic rings. The molecule has 1 aromatic carbocycles. The van der Waals surface area contributed by atoms with Gasteiger partial charge in [-0.3, -0.25) is 0 Å². The number of hydrogen-bond donors (Lipinski definition) is 1. The van der Waals surface area contributed by atoms with E-state index in [9.17, 15) is 8.42 Å². The number of hydrogen-bond acceptors (Lipinski definition) is 3. The molecule has 0 aromatic heterocycles. The summed E-state index contributed by atoms with van der Waals surface area (Å²) in [5, 5.41) is 0. The molecule has 1 aliphatic rings. The molecule has 1 unspecified atom stereocenters. The predicted octanol–water partition coefficient (Wildman–Crippen LogP) is 2.70. The fraction of sp³-hybridized carbons (Fsp3) is 0.600. The molecule has 0 saturated carbocycles. The molecular weight excluding hydrogens is 272 g/mol. The van der Waals surface area contributed by atoms with E-state index in [4.69, 9.17) is 5.73 Å². The van der Waals surface area contributed by atoms with Gasteiger partial charge in [-0.25, -0.2) is 8.42 Å². The van der Waals surface area contributed by atoms with Gasteiger partial charge in [0.25, 0.3) is 0 Å². The van der Waals surface area contributed by atoms with E-state index in [0.717, 1.165) is 30.4 Å². The van der Waals surface area contributed by atoms with E-state index in [1.54, 1.807) is 16.4 Å². The maximum absolute atomic E-state index is 12.7. The smallest absolute Gasteiger partial charge is 0.243 e. The monoisotopic (exact) mass is 296 g/mol. The lowest BCUT2D eigenvalue weighted by Gasteiger charge is -2.21. The standard InChI is InChI=1S/C15H24N2O2S/c1-11-5-4-7-17(8-6-11)20(18,19)14-9-12(2)13(3)15(16)10-14/h9-11H,4-8,16H2,1-3H3. The summed E-state index contributed by atoms with van der Waals surface area (Å²) in [7, 11) is -3.42. The molecule has 0 amide bonds. The third-order valence-corrected chi connectivity index (χ3v) is 6.17. The van der Waals surface area contributed by atoms with E-state index in [1.165, 1.54) is 0 Å². The Bertz CT molecular complexity index is 573. The van der Waals surface area contributed by atoms with Gasteiger partial charge >= 0.3 is 0 Å². The lowest BCUT2D eigenvalue weighted by atomic mass is 10.0. The quantitative estimate of drug-likeness (QED) is 0.853. The highest BCUT2D eigenvalue weighted by Crippen LogP contribution is 2.26. The van der Waals surface area contributed by atoms with Crippen molar-refractivity contribution >= 4 is 15.7 Å². The molecule has 0 bridgehead atoms. The van der Waals surface area contributed by atoms with Crippen LogP contribution in [0.5, 0.6) is 0 Å². The van der Waals surface area contributed by atoms with Crippen LogP contribution in [-0.4, -0.2) is 25.8 Å². The number of aryl methyl sites for hydroxylation is 1. The molecule has 1 heterocycles. The van der Waals surface area contributed by atoms with Crippen molar-refractivity contribution in [2.75, 3.05) is 18.8 Å². The average Bonchev–Trinajstić information content (AvgIpc) is 2.60. The predicted molar refractivity (Wildman–Crippen MR) is 82.1 cm³/mol. The largest absolute Gasteiger partial charge is 0.398 e. The zero-order chi connectivity index (χ0) is 14.9. The number of anilines is 1. The third kappa shape index (κ3) is 2.99. The molecule has 112 valence electrons. The number of nitrogen functional groups attached to an aromatic ring is 1. The van der Waals surface area contributed by atoms with Crippen molar-refractivity contribution in [3.8, 4) is 0 Å². The summed E-state index contributed by atoms with van der Waals surface area (Å²) in [6.07, 6.45) is 2.96. The van der Waals surface area contributed by atoms with Crippen molar-refractivity contribution in [3.63, 3.8) is 0 Å². The summed E-state index contributed by atoms with van der Waals surface area (Å²) in [4.78, 5) is 0.327. The second kappa shape index (κ2) is 5.74. The van der Waals surface area contributed by atoms with E-state index in [0.29, 0.717) is 29.6 Å². The topological polar surface area (TPSA) is 63.4 Å². The second-order valence-electron chi connectivity index (χ2n) is 5.89. The second-order valence-corrected chi connectivity index (χ2v) is 7.83. The molecule has 1 saturated heterocycles. The Morgan fingerprint density at radius 3 is 2.55 bits per heavy atom. The van der Waals surface area contributed by atoms with Crippen LogP contribution < -0.4 is 5.73 Å². The summed E-state index contributed by atoms with van der Waals surface area (Å²) >= 11 is 0. The Labute approximate surface area is 122 Å². The van der Waals surface area contributed by atoms with Gasteiger partial charge < -0.3 is 5.73 Å². The minimum absolute atomic E-state index is 0.327. The van der Waals surface area contributed by atoms with Crippen LogP contribution in [0.25, 0.3) is 0 Å². The van der Waals surface area contributed by atoms with E-state index in [1.807, 2.05) is 13.8 Å². The van der Waals surface area contributed by atoms with Gasteiger partial charge in [0.15, 0.2) is 0 Å². The molecule has 1 atom stereocenters. The highest BCUT2D eigenvalue weighted by molar-refractivity contribution is 7.89. The molecule has 0 aliphatic carbocycles. The van der Waals surface area contributed by atoms with E-state index < -0.39 is 10.0 Å². The first kappa shape index (κ1) is 15.3. The van der Waals surface area contributed by atoms with Crippen LogP contribution >= 0.6 is 0 Å². The van der Waals surface area contributed by atoms with Gasteiger partial charge in [0.05, 0.1) is 4.90 Å². The van der Waals surface area contributed by atoms with E-state index in [-0.39, 0.29) is 0 Å². The van der Waals surface area contributed by atoms with E-state index >= 15 is 0 Å². The van der Waals surface area contributed by atoms with Crippen molar-refractivity contribution < 1.29 is 8.42 Å². The molecule has 4 nitrogen and oxygen atoms in total. The van der Waals surface area contributed by atoms with Crippen molar-refractivity contribution in [2.45, 2.75) is 44.9 Å². The number of nitrogens with two attached hydrogens (primary N) is 1. The Kier molecular flexibility index (Phi) is 4.39. The van der Waals surface area contributed by atoms with Crippen LogP contribution in [0.15, 0.2) is 17.0 Å². The maximum Gasteiger partial charge on any atom is 0.243 e. The van der Waals surface area contributed by atoms with Gasteiger partial charge in [0, 0.05) is 18.8 Å². The fourth-order valence-electron chi connectivity index (χ4n) is 2.63. The van der Waals surface area contributed by atoms with Crippen LogP contribution in [-0.2, 0) is 10.0 Å². The van der Waals surface area contributed by atoms with Gasteiger partial charge in [0.2, 0.25) is 10.0 Å². The summed E-state index contributed by atoms with van der Waals surface area (Å²) in [6, 6.07) is 3.32. The zero-order valence-electron chi connectivity index (χ0n) is 12.5. The van der Waals surface area contributed by atoms with Crippen LogP contribution in [0.4, 0.5) is 5.69 Å². The summed E-state index contributed by atoms with van der Waals surface area (Å²) < 4.78 is 27.1. The third-order valence-electron chi connectivity index (χ3n) is 4.29. The lowest BCUT2D eigenvalue weighted by Crippen LogP contribution is -2.32. The zero-order valence-corrected chi connectivity index (χ0v) is 13.3. The summed E-state index contributed by atoms with van der Waals surface area (Å²) in [5.41, 5.74) is 8.34. The van der Waals surface area contributed by atoms with Crippen molar-refractivity contribution in [3.05, 3.63) is 23.3 Å². The first-order chi connectivity index (χ1) is 9.32. The Balaban J connectivity index is 2.35. The van der Waals surface area contributed by atoms with Gasteiger partial charge in [0.1, 0.15) is 0 Å². The first-order valence-corrected chi connectivity index (χ1v) is 8.63. The highest BCUT2D eigenvalue weighted by atomic mass is 32.2. The molecule has 2 rings (SSSR count). The normalized spacial score (nSPS) is 21.6. The molecule has 0 spiro atoms. The minimum atomic E-state index is -3.42. The van der Waals surface area contributed by atoms with Crippen LogP contribution in [0, 0.1) is 19.8 Å². The number of benzene rings is 1. The van der Waals surface area contributed by atoms with Gasteiger partial charge in [-0.1, -0.05) is 6.92 Å². The molecule has 1 aliphatic heterocycles. The Morgan fingerprint density at radius 2 is 1.90 bits per heavy atom. The van der Waals surface area contributed by atoms with Gasteiger partial charge in [-0.15, -0.1) is 0 Å². The summed E-state index contributed by atoms with van der Waals surface area (Å²) in [5.74, 6) is 0.597. The average molecular weight is 296 g/mol. The number of rotatable bonds is 2. The van der Waals surface area contributed by atoms with Crippen molar-refractivity contribution in [1.82, 2.24) is 4.31 Å². The molecule has 5 heteroatoms. The molecule has 2 N–H and O–H groups in total. The molecule has 0 radical (unpaired) electrons. The van der Waals surface area contributed by atoms with Crippen molar-refractivity contribution in [2.24, 2.45) is 5.92 Å². The minimum Gasteiger partial charge on any atom is -0.398 e. The lowest BCUT2D eigenvalue weighted by molar-refractivity contribution is 0.417. The Hall–Kier alpha value is -1.07. The summed E-state index contributed by atoms with van der Waals surface area (Å²) in [6.45, 7) is 7.21. The van der Waals surface area contributed by atoms with Gasteiger partial charge in [-0.05, 0) is 62.3 Å². The highest BCUT2D eigenvalue weighted by Gasteiger charge is 2.27. The molecular formula is C15H24N2O2S. The number of nitrogens with zero attached hydrogens (tertiary/aromatic N) is 1.